The van der Waals surface area contributed by atoms with Gasteiger partial charge < -0.3 is 15.8 Å². The van der Waals surface area contributed by atoms with Crippen molar-refractivity contribution in [3.05, 3.63) is 0 Å². The third-order valence-corrected chi connectivity index (χ3v) is 2.98. The molecular formula is C11H22N2O2. The summed E-state index contributed by atoms with van der Waals surface area (Å²) in [6, 6.07) is 0.376. The second-order valence-corrected chi connectivity index (χ2v) is 4.20. The van der Waals surface area contributed by atoms with Gasteiger partial charge in [0.25, 0.3) is 0 Å². The Hall–Kier alpha value is -0.610. The molecule has 0 aliphatic heterocycles. The molecule has 0 radical (unpaired) electrons. The van der Waals surface area contributed by atoms with Crippen LogP contribution in [-0.4, -0.2) is 31.7 Å². The van der Waals surface area contributed by atoms with Crippen LogP contribution in [-0.2, 0) is 9.53 Å². The Labute approximate surface area is 91.5 Å². The molecule has 4 nitrogen and oxygen atoms in total. The highest BCUT2D eigenvalue weighted by Gasteiger charge is 2.17. The van der Waals surface area contributed by atoms with Crippen LogP contribution in [0.15, 0.2) is 0 Å². The number of rotatable bonds is 5. The van der Waals surface area contributed by atoms with Crippen LogP contribution in [0.4, 0.5) is 0 Å². The molecule has 0 aromatic heterocycles. The second kappa shape index (κ2) is 6.80. The lowest BCUT2D eigenvalue weighted by molar-refractivity contribution is -0.124. The van der Waals surface area contributed by atoms with E-state index in [0.29, 0.717) is 19.0 Å². The SMILES string of the molecule is COC(CN)CC(=O)NC1CCCCC1. The fourth-order valence-corrected chi connectivity index (χ4v) is 2.00. The minimum absolute atomic E-state index is 0.0687. The van der Waals surface area contributed by atoms with Crippen LogP contribution in [0.2, 0.25) is 0 Å². The molecule has 0 heterocycles. The van der Waals surface area contributed by atoms with Crippen LogP contribution < -0.4 is 11.1 Å². The molecule has 1 rings (SSSR count). The van der Waals surface area contributed by atoms with E-state index in [1.165, 1.54) is 19.3 Å². The molecule has 1 aliphatic carbocycles. The predicted octanol–water partition coefficient (Wildman–Crippen LogP) is 0.799. The van der Waals surface area contributed by atoms with Crippen LogP contribution in [0.1, 0.15) is 38.5 Å². The van der Waals surface area contributed by atoms with Gasteiger partial charge in [-0.25, -0.2) is 0 Å². The fraction of sp³-hybridized carbons (Fsp3) is 0.909. The molecule has 0 aromatic carbocycles. The van der Waals surface area contributed by atoms with Crippen LogP contribution in [0.25, 0.3) is 0 Å². The number of carbonyl (C=O) groups is 1. The van der Waals surface area contributed by atoms with E-state index in [4.69, 9.17) is 10.5 Å². The first-order valence-corrected chi connectivity index (χ1v) is 5.78. The van der Waals surface area contributed by atoms with Crippen molar-refractivity contribution in [3.8, 4) is 0 Å². The third kappa shape index (κ3) is 4.62. The maximum atomic E-state index is 11.6. The Bertz CT molecular complexity index is 187. The number of hydrogen-bond acceptors (Lipinski definition) is 3. The Morgan fingerprint density at radius 2 is 2.13 bits per heavy atom. The van der Waals surface area contributed by atoms with E-state index in [1.807, 2.05) is 0 Å². The molecular weight excluding hydrogens is 192 g/mol. The van der Waals surface area contributed by atoms with E-state index in [-0.39, 0.29) is 12.0 Å². The first-order chi connectivity index (χ1) is 7.26. The van der Waals surface area contributed by atoms with Gasteiger partial charge in [-0.15, -0.1) is 0 Å². The molecule has 0 spiro atoms. The smallest absolute Gasteiger partial charge is 0.222 e. The van der Waals surface area contributed by atoms with Gasteiger partial charge in [-0.3, -0.25) is 4.79 Å². The molecule has 1 fully saturated rings. The Balaban J connectivity index is 2.21. The Morgan fingerprint density at radius 1 is 1.47 bits per heavy atom. The highest BCUT2D eigenvalue weighted by Crippen LogP contribution is 2.17. The van der Waals surface area contributed by atoms with Crippen LogP contribution in [0.5, 0.6) is 0 Å². The first kappa shape index (κ1) is 12.5. The van der Waals surface area contributed by atoms with Gasteiger partial charge in [0, 0.05) is 19.7 Å². The standard InChI is InChI=1S/C11H22N2O2/c1-15-10(8-12)7-11(14)13-9-5-3-2-4-6-9/h9-10H,2-8,12H2,1H3,(H,13,14). The minimum atomic E-state index is -0.145. The van der Waals surface area contributed by atoms with E-state index in [2.05, 4.69) is 5.32 Å². The van der Waals surface area contributed by atoms with Crippen molar-refractivity contribution in [2.24, 2.45) is 5.73 Å². The summed E-state index contributed by atoms with van der Waals surface area (Å²) in [5.74, 6) is 0.0687. The maximum absolute atomic E-state index is 11.6. The number of nitrogens with one attached hydrogen (secondary N) is 1. The van der Waals surface area contributed by atoms with Gasteiger partial charge in [0.1, 0.15) is 0 Å². The Morgan fingerprint density at radius 3 is 2.67 bits per heavy atom. The third-order valence-electron chi connectivity index (χ3n) is 2.98. The molecule has 15 heavy (non-hydrogen) atoms. The van der Waals surface area contributed by atoms with E-state index in [0.717, 1.165) is 12.8 Å². The molecule has 4 heteroatoms. The lowest BCUT2D eigenvalue weighted by Gasteiger charge is -2.23. The summed E-state index contributed by atoms with van der Waals surface area (Å²) in [7, 11) is 1.59. The maximum Gasteiger partial charge on any atom is 0.222 e. The zero-order valence-corrected chi connectivity index (χ0v) is 9.50. The van der Waals surface area contributed by atoms with Crippen molar-refractivity contribution in [2.45, 2.75) is 50.7 Å². The monoisotopic (exact) mass is 214 g/mol. The van der Waals surface area contributed by atoms with Crippen molar-refractivity contribution < 1.29 is 9.53 Å². The largest absolute Gasteiger partial charge is 0.380 e. The predicted molar refractivity (Wildman–Crippen MR) is 59.5 cm³/mol. The molecule has 88 valence electrons. The van der Waals surface area contributed by atoms with Gasteiger partial charge in [0.2, 0.25) is 5.91 Å². The molecule has 3 N–H and O–H groups in total. The molecule has 1 unspecified atom stereocenters. The average Bonchev–Trinajstić information content (AvgIpc) is 2.27. The number of amides is 1. The zero-order chi connectivity index (χ0) is 11.1. The highest BCUT2D eigenvalue weighted by atomic mass is 16.5. The zero-order valence-electron chi connectivity index (χ0n) is 9.50. The molecule has 0 aromatic rings. The molecule has 0 saturated heterocycles. The van der Waals surface area contributed by atoms with Gasteiger partial charge in [0.05, 0.1) is 12.5 Å². The van der Waals surface area contributed by atoms with E-state index in [9.17, 15) is 4.79 Å². The number of ether oxygens (including phenoxy) is 1. The molecule has 1 amide bonds. The first-order valence-electron chi connectivity index (χ1n) is 5.78. The normalized spacial score (nSPS) is 19.9. The van der Waals surface area contributed by atoms with Gasteiger partial charge >= 0.3 is 0 Å². The number of carbonyl (C=O) groups excluding carboxylic acids is 1. The quantitative estimate of drug-likeness (QED) is 0.711. The van der Waals surface area contributed by atoms with E-state index in [1.54, 1.807) is 7.11 Å². The number of methoxy groups -OCH3 is 1. The lowest BCUT2D eigenvalue weighted by atomic mass is 9.95. The Kier molecular flexibility index (Phi) is 5.65. The topological polar surface area (TPSA) is 64.3 Å². The molecule has 1 atom stereocenters. The van der Waals surface area contributed by atoms with E-state index >= 15 is 0 Å². The van der Waals surface area contributed by atoms with Crippen LogP contribution >= 0.6 is 0 Å². The summed E-state index contributed by atoms with van der Waals surface area (Å²) in [5.41, 5.74) is 5.46. The van der Waals surface area contributed by atoms with Crippen molar-refractivity contribution in [3.63, 3.8) is 0 Å². The minimum Gasteiger partial charge on any atom is -0.380 e. The molecule has 0 bridgehead atoms. The average molecular weight is 214 g/mol. The fourth-order valence-electron chi connectivity index (χ4n) is 2.00. The number of hydrogen-bond donors (Lipinski definition) is 2. The van der Waals surface area contributed by atoms with E-state index < -0.39 is 0 Å². The van der Waals surface area contributed by atoms with Crippen molar-refractivity contribution >= 4 is 5.91 Å². The summed E-state index contributed by atoms with van der Waals surface area (Å²) >= 11 is 0. The summed E-state index contributed by atoms with van der Waals surface area (Å²) < 4.78 is 5.07. The molecule has 1 aliphatic rings. The van der Waals surface area contributed by atoms with Crippen molar-refractivity contribution in [1.29, 1.82) is 0 Å². The van der Waals surface area contributed by atoms with Crippen molar-refractivity contribution in [1.82, 2.24) is 5.32 Å². The van der Waals surface area contributed by atoms with Gasteiger partial charge in [-0.2, -0.15) is 0 Å². The number of nitrogens with two attached hydrogens (primary N) is 1. The second-order valence-electron chi connectivity index (χ2n) is 4.20. The molecule has 1 saturated carbocycles. The van der Waals surface area contributed by atoms with Gasteiger partial charge in [0.15, 0.2) is 0 Å². The van der Waals surface area contributed by atoms with Crippen LogP contribution in [0, 0.1) is 0 Å². The summed E-state index contributed by atoms with van der Waals surface area (Å²) in [6.07, 6.45) is 6.23. The summed E-state index contributed by atoms with van der Waals surface area (Å²) in [4.78, 5) is 11.6. The lowest BCUT2D eigenvalue weighted by Crippen LogP contribution is -2.39. The van der Waals surface area contributed by atoms with Crippen molar-refractivity contribution in [2.75, 3.05) is 13.7 Å². The van der Waals surface area contributed by atoms with Gasteiger partial charge in [-0.05, 0) is 12.8 Å². The summed E-state index contributed by atoms with van der Waals surface area (Å²) in [5, 5.41) is 3.04. The van der Waals surface area contributed by atoms with Gasteiger partial charge in [-0.1, -0.05) is 19.3 Å². The summed E-state index contributed by atoms with van der Waals surface area (Å²) in [6.45, 7) is 0.397. The van der Waals surface area contributed by atoms with Crippen LogP contribution in [0.3, 0.4) is 0 Å². The highest BCUT2D eigenvalue weighted by molar-refractivity contribution is 5.76.